The molecule has 2 aromatic carbocycles. The van der Waals surface area contributed by atoms with Crippen LogP contribution in [0, 0.1) is 13.8 Å². The summed E-state index contributed by atoms with van der Waals surface area (Å²) in [5, 5.41) is 0.882. The lowest BCUT2D eigenvalue weighted by molar-refractivity contribution is 0.0526. The van der Waals surface area contributed by atoms with Crippen LogP contribution in [0.2, 0.25) is 0 Å². The van der Waals surface area contributed by atoms with Gasteiger partial charge < -0.3 is 15.0 Å². The SMILES string of the molecule is C=S(c1ccc(C)c(-c2c(C)n(C/C(F)=C/CN)c3ccc(C(=O)OCC)cc23)c1)N(C)C. The summed E-state index contributed by atoms with van der Waals surface area (Å²) in [6, 6.07) is 11.8. The minimum Gasteiger partial charge on any atom is -0.462 e. The number of carbonyl (C=O) groups is 1. The summed E-state index contributed by atoms with van der Waals surface area (Å²) >= 11 is 0. The van der Waals surface area contributed by atoms with Crippen molar-refractivity contribution in [3.05, 3.63) is 65.1 Å². The number of aryl methyl sites for hydroxylation is 1. The van der Waals surface area contributed by atoms with Gasteiger partial charge in [0.15, 0.2) is 0 Å². The average Bonchev–Trinajstić information content (AvgIpc) is 3.04. The average molecular weight is 470 g/mol. The zero-order valence-electron chi connectivity index (χ0n) is 19.9. The molecule has 0 saturated carbocycles. The van der Waals surface area contributed by atoms with E-state index in [1.165, 1.54) is 6.08 Å². The zero-order valence-corrected chi connectivity index (χ0v) is 20.8. The summed E-state index contributed by atoms with van der Waals surface area (Å²) in [7, 11) is 3.69. The number of ether oxygens (including phenoxy) is 1. The van der Waals surface area contributed by atoms with Crippen LogP contribution in [0.3, 0.4) is 0 Å². The molecule has 1 atom stereocenters. The van der Waals surface area contributed by atoms with Crippen LogP contribution < -0.4 is 5.73 Å². The Bertz CT molecular complexity index is 1240. The number of hydrogen-bond donors (Lipinski definition) is 1. The lowest BCUT2D eigenvalue weighted by Crippen LogP contribution is -2.05. The molecule has 1 aromatic heterocycles. The number of nitrogens with two attached hydrogens (primary N) is 1. The van der Waals surface area contributed by atoms with Crippen molar-refractivity contribution in [1.82, 2.24) is 8.87 Å². The van der Waals surface area contributed by atoms with Crippen molar-refractivity contribution in [2.24, 2.45) is 5.73 Å². The molecule has 1 heterocycles. The smallest absolute Gasteiger partial charge is 0.338 e. The van der Waals surface area contributed by atoms with Crippen LogP contribution in [-0.4, -0.2) is 48.0 Å². The van der Waals surface area contributed by atoms with E-state index < -0.39 is 0 Å². The maximum atomic E-state index is 14.5. The Morgan fingerprint density at radius 3 is 2.61 bits per heavy atom. The minimum absolute atomic E-state index is 0.0778. The van der Waals surface area contributed by atoms with Crippen LogP contribution in [0.15, 0.2) is 53.2 Å². The number of hydrogen-bond acceptors (Lipinski definition) is 4. The van der Waals surface area contributed by atoms with Gasteiger partial charge in [-0.1, -0.05) is 22.6 Å². The first-order valence-corrected chi connectivity index (χ1v) is 12.2. The Kier molecular flexibility index (Phi) is 7.89. The predicted molar refractivity (Wildman–Crippen MR) is 138 cm³/mol. The molecule has 33 heavy (non-hydrogen) atoms. The monoisotopic (exact) mass is 469 g/mol. The summed E-state index contributed by atoms with van der Waals surface area (Å²) in [5.41, 5.74) is 10.9. The van der Waals surface area contributed by atoms with E-state index in [-0.39, 0.29) is 35.6 Å². The van der Waals surface area contributed by atoms with Crippen molar-refractivity contribution >= 4 is 33.4 Å². The molecule has 0 bridgehead atoms. The normalized spacial score (nSPS) is 13.0. The highest BCUT2D eigenvalue weighted by Crippen LogP contribution is 2.40. The molecule has 7 heteroatoms. The number of rotatable bonds is 8. The molecular weight excluding hydrogens is 437 g/mol. The third kappa shape index (κ3) is 5.11. The molecule has 0 amide bonds. The molecule has 2 N–H and O–H groups in total. The molecule has 3 aromatic rings. The van der Waals surface area contributed by atoms with E-state index >= 15 is 0 Å². The van der Waals surface area contributed by atoms with Crippen LogP contribution in [0.5, 0.6) is 0 Å². The largest absolute Gasteiger partial charge is 0.462 e. The van der Waals surface area contributed by atoms with Gasteiger partial charge in [-0.25, -0.2) is 9.18 Å². The van der Waals surface area contributed by atoms with Crippen molar-refractivity contribution in [2.45, 2.75) is 32.2 Å². The van der Waals surface area contributed by atoms with Crippen molar-refractivity contribution in [3.63, 3.8) is 0 Å². The first-order chi connectivity index (χ1) is 15.7. The highest BCUT2D eigenvalue weighted by molar-refractivity contribution is 8.12. The predicted octanol–water partition coefficient (Wildman–Crippen LogP) is 5.45. The van der Waals surface area contributed by atoms with Gasteiger partial charge in [-0.15, -0.1) is 0 Å². The van der Waals surface area contributed by atoms with Gasteiger partial charge in [-0.3, -0.25) is 4.31 Å². The lowest BCUT2D eigenvalue weighted by atomic mass is 9.97. The summed E-state index contributed by atoms with van der Waals surface area (Å²) in [4.78, 5) is 13.6. The number of aromatic nitrogens is 1. The molecule has 0 radical (unpaired) electrons. The Hall–Kier alpha value is -2.74. The van der Waals surface area contributed by atoms with E-state index in [0.717, 1.165) is 38.2 Å². The number of benzene rings is 2. The van der Waals surface area contributed by atoms with Crippen LogP contribution >= 0.6 is 10.7 Å². The van der Waals surface area contributed by atoms with Crippen molar-refractivity contribution < 1.29 is 13.9 Å². The highest BCUT2D eigenvalue weighted by atomic mass is 32.2. The molecule has 0 spiro atoms. The second-order valence-corrected chi connectivity index (χ2v) is 9.97. The Morgan fingerprint density at radius 1 is 1.24 bits per heavy atom. The summed E-state index contributed by atoms with van der Waals surface area (Å²) in [6.07, 6.45) is 1.38. The molecule has 0 aliphatic rings. The maximum Gasteiger partial charge on any atom is 0.338 e. The van der Waals surface area contributed by atoms with Gasteiger partial charge >= 0.3 is 5.97 Å². The molecule has 0 fully saturated rings. The summed E-state index contributed by atoms with van der Waals surface area (Å²) in [6.45, 7) is 6.34. The Balaban J connectivity index is 2.31. The number of carbonyl (C=O) groups excluding carboxylic acids is 1. The van der Waals surface area contributed by atoms with Gasteiger partial charge in [0.2, 0.25) is 0 Å². The van der Waals surface area contributed by atoms with Gasteiger partial charge in [-0.2, -0.15) is 0 Å². The fourth-order valence-corrected chi connectivity index (χ4v) is 4.84. The van der Waals surface area contributed by atoms with E-state index in [9.17, 15) is 9.18 Å². The number of allylic oxidation sites excluding steroid dienone is 1. The van der Waals surface area contributed by atoms with Crippen molar-refractivity contribution in [3.8, 4) is 11.1 Å². The highest BCUT2D eigenvalue weighted by Gasteiger charge is 2.20. The fourth-order valence-electron chi connectivity index (χ4n) is 3.94. The molecular formula is C26H32FN3O2S. The molecule has 0 aliphatic carbocycles. The number of halogens is 1. The molecule has 0 saturated heterocycles. The first kappa shape index (κ1) is 24.9. The molecule has 1 unspecified atom stereocenters. The third-order valence-corrected chi connectivity index (χ3v) is 7.35. The number of fused-ring (bicyclic) bond motifs is 1. The van der Waals surface area contributed by atoms with Crippen LogP contribution in [0.1, 0.15) is 28.5 Å². The van der Waals surface area contributed by atoms with Crippen molar-refractivity contribution in [2.75, 3.05) is 27.2 Å². The molecule has 0 aliphatic heterocycles. The standard InChI is InChI=1S/C26H32FN3O2S/c1-7-32-26(31)19-9-11-24-23(14-19)25(18(3)30(24)16-20(27)12-13-28)22-15-21(10-8-17(22)2)33(6)29(4)5/h8-12,14-15H,6-7,13,16,28H2,1-5H3/b20-12-. The molecule has 176 valence electrons. The second kappa shape index (κ2) is 10.5. The second-order valence-electron chi connectivity index (χ2n) is 8.04. The van der Waals surface area contributed by atoms with E-state index in [1.54, 1.807) is 13.0 Å². The van der Waals surface area contributed by atoms with Gasteiger partial charge in [0.05, 0.1) is 18.7 Å². The van der Waals surface area contributed by atoms with E-state index in [2.05, 4.69) is 35.3 Å². The molecule has 3 rings (SSSR count). The van der Waals surface area contributed by atoms with E-state index in [4.69, 9.17) is 10.5 Å². The summed E-state index contributed by atoms with van der Waals surface area (Å²) < 4.78 is 23.8. The van der Waals surface area contributed by atoms with Crippen molar-refractivity contribution in [1.29, 1.82) is 0 Å². The van der Waals surface area contributed by atoms with Gasteiger partial charge in [0.25, 0.3) is 0 Å². The Labute approximate surface area is 197 Å². The number of esters is 1. The Morgan fingerprint density at radius 2 is 1.97 bits per heavy atom. The van der Waals surface area contributed by atoms with Gasteiger partial charge in [0.1, 0.15) is 5.83 Å². The fraction of sp³-hybridized carbons (Fsp3) is 0.308. The van der Waals surface area contributed by atoms with Gasteiger partial charge in [0, 0.05) is 33.6 Å². The quantitative estimate of drug-likeness (QED) is 0.352. The third-order valence-electron chi connectivity index (χ3n) is 5.67. The van der Waals surface area contributed by atoms with Crippen LogP contribution in [0.25, 0.3) is 22.0 Å². The maximum absolute atomic E-state index is 14.5. The van der Waals surface area contributed by atoms with E-state index in [1.807, 2.05) is 37.7 Å². The molecule has 5 nitrogen and oxygen atoms in total. The van der Waals surface area contributed by atoms with E-state index in [0.29, 0.717) is 12.2 Å². The zero-order chi connectivity index (χ0) is 24.3. The van der Waals surface area contributed by atoms with Crippen LogP contribution in [-0.2, 0) is 11.3 Å². The first-order valence-electron chi connectivity index (χ1n) is 10.9. The lowest BCUT2D eigenvalue weighted by Gasteiger charge is -2.17. The van der Waals surface area contributed by atoms with Gasteiger partial charge in [-0.05, 0) is 82.4 Å². The topological polar surface area (TPSA) is 60.5 Å². The number of nitrogens with zero attached hydrogens (tertiary/aromatic N) is 2. The van der Waals surface area contributed by atoms with Crippen LogP contribution in [0.4, 0.5) is 4.39 Å². The minimum atomic E-state index is -0.373. The summed E-state index contributed by atoms with van der Waals surface area (Å²) in [5.74, 6) is 3.63.